The number of rotatable bonds is 5. The summed E-state index contributed by atoms with van der Waals surface area (Å²) >= 11 is 0. The summed E-state index contributed by atoms with van der Waals surface area (Å²) in [5, 5.41) is 10.5. The molecule has 1 aromatic carbocycles. The minimum absolute atomic E-state index is 0.0672. The molecule has 3 aliphatic rings. The Balaban J connectivity index is 1.45. The number of halogens is 3. The zero-order chi connectivity index (χ0) is 22.7. The van der Waals surface area contributed by atoms with E-state index in [1.165, 1.54) is 21.9 Å². The van der Waals surface area contributed by atoms with Crippen LogP contribution < -0.4 is 0 Å². The van der Waals surface area contributed by atoms with E-state index >= 15 is 0 Å². The summed E-state index contributed by atoms with van der Waals surface area (Å²) in [4.78, 5) is 20.1. The van der Waals surface area contributed by atoms with E-state index in [9.17, 15) is 23.1 Å². The average Bonchev–Trinajstić information content (AvgIpc) is 3.30. The van der Waals surface area contributed by atoms with Crippen molar-refractivity contribution in [3.63, 3.8) is 0 Å². The van der Waals surface area contributed by atoms with Gasteiger partial charge < -0.3 is 14.6 Å². The number of carbonyl (C=O) groups is 1. The zero-order valence-electron chi connectivity index (χ0n) is 17.9. The van der Waals surface area contributed by atoms with Crippen LogP contribution in [0.3, 0.4) is 0 Å². The molecule has 2 aliphatic carbocycles. The molecule has 1 amide bonds. The number of carbonyl (C=O) groups excluding carboxylic acids is 1. The second-order valence-electron chi connectivity index (χ2n) is 9.39. The van der Waals surface area contributed by atoms with Gasteiger partial charge >= 0.3 is 6.18 Å². The Bertz CT molecular complexity index is 1130. The molecule has 2 heterocycles. The number of alkyl halides is 3. The average molecular weight is 445 g/mol. The maximum Gasteiger partial charge on any atom is 0.418 e. The Morgan fingerprint density at radius 2 is 2.00 bits per heavy atom. The second kappa shape index (κ2) is 7.47. The summed E-state index contributed by atoms with van der Waals surface area (Å²) in [6, 6.07) is 7.14. The molecule has 0 radical (unpaired) electrons. The van der Waals surface area contributed by atoms with Crippen LogP contribution >= 0.6 is 0 Å². The van der Waals surface area contributed by atoms with Gasteiger partial charge in [-0.3, -0.25) is 9.79 Å². The van der Waals surface area contributed by atoms with Gasteiger partial charge in [0.05, 0.1) is 13.1 Å². The Labute approximate surface area is 184 Å². The SMILES string of the molecule is CC(O)(Cn1ccc2c(C(=O)N(C3CC3)C3CCC4=C(C=NC4)C3)cccc21)C(F)(F)F. The number of benzene rings is 1. The topological polar surface area (TPSA) is 57.8 Å². The molecule has 1 fully saturated rings. The first kappa shape index (κ1) is 21.2. The molecule has 170 valence electrons. The van der Waals surface area contributed by atoms with Crippen LogP contribution in [0.4, 0.5) is 13.2 Å². The first-order chi connectivity index (χ1) is 15.2. The van der Waals surface area contributed by atoms with E-state index in [-0.39, 0.29) is 18.0 Å². The van der Waals surface area contributed by atoms with E-state index < -0.39 is 18.3 Å². The summed E-state index contributed by atoms with van der Waals surface area (Å²) in [5.74, 6) is -0.0672. The molecule has 1 saturated carbocycles. The standard InChI is InChI=1S/C24H26F3N3O2/c1-23(32,24(25,26)27)14-29-10-9-19-20(3-2-4-21(19)29)22(31)30(17-7-8-17)18-6-5-15-12-28-13-16(15)11-18/h2-4,9-10,13,17-18,32H,5-8,11-12,14H2,1H3. The van der Waals surface area contributed by atoms with Gasteiger partial charge in [0.15, 0.2) is 5.60 Å². The van der Waals surface area contributed by atoms with Gasteiger partial charge in [0.2, 0.25) is 0 Å². The Hall–Kier alpha value is -2.61. The van der Waals surface area contributed by atoms with Crippen LogP contribution in [0.15, 0.2) is 46.6 Å². The van der Waals surface area contributed by atoms with Crippen LogP contribution in [0.25, 0.3) is 10.9 Å². The molecule has 1 aromatic heterocycles. The van der Waals surface area contributed by atoms with Crippen molar-refractivity contribution in [3.05, 3.63) is 47.2 Å². The van der Waals surface area contributed by atoms with E-state index in [0.29, 0.717) is 16.5 Å². The minimum Gasteiger partial charge on any atom is -0.379 e. The maximum absolute atomic E-state index is 13.7. The van der Waals surface area contributed by atoms with Crippen molar-refractivity contribution in [1.82, 2.24) is 9.47 Å². The second-order valence-corrected chi connectivity index (χ2v) is 9.39. The molecule has 1 aliphatic heterocycles. The zero-order valence-corrected chi connectivity index (χ0v) is 17.9. The van der Waals surface area contributed by atoms with Crippen molar-refractivity contribution in [2.45, 2.75) is 69.4 Å². The monoisotopic (exact) mass is 445 g/mol. The van der Waals surface area contributed by atoms with Gasteiger partial charge in [0, 0.05) is 41.0 Å². The Kier molecular flexibility index (Phi) is 4.96. The van der Waals surface area contributed by atoms with Gasteiger partial charge in [-0.2, -0.15) is 13.2 Å². The van der Waals surface area contributed by atoms with Crippen LogP contribution in [-0.4, -0.2) is 57.1 Å². The van der Waals surface area contributed by atoms with Crippen molar-refractivity contribution in [2.75, 3.05) is 6.54 Å². The van der Waals surface area contributed by atoms with Crippen molar-refractivity contribution >= 4 is 23.0 Å². The van der Waals surface area contributed by atoms with Gasteiger partial charge in [-0.1, -0.05) is 6.07 Å². The summed E-state index contributed by atoms with van der Waals surface area (Å²) in [6.45, 7) is 0.901. The summed E-state index contributed by atoms with van der Waals surface area (Å²) in [6.07, 6.45) is 3.32. The minimum atomic E-state index is -4.75. The molecular formula is C24H26F3N3O2. The van der Waals surface area contributed by atoms with Gasteiger partial charge in [-0.25, -0.2) is 0 Å². The third-order valence-electron chi connectivity index (χ3n) is 6.92. The highest BCUT2D eigenvalue weighted by molar-refractivity contribution is 6.07. The third-order valence-corrected chi connectivity index (χ3v) is 6.92. The summed E-state index contributed by atoms with van der Waals surface area (Å²) in [5.41, 5.74) is 0.765. The molecule has 0 spiro atoms. The van der Waals surface area contributed by atoms with Crippen LogP contribution in [-0.2, 0) is 6.54 Å². The van der Waals surface area contributed by atoms with E-state index in [4.69, 9.17) is 0 Å². The predicted octanol–water partition coefficient (Wildman–Crippen LogP) is 4.49. The van der Waals surface area contributed by atoms with Crippen molar-refractivity contribution < 1.29 is 23.1 Å². The molecule has 2 unspecified atom stereocenters. The fourth-order valence-electron chi connectivity index (χ4n) is 4.92. The lowest BCUT2D eigenvalue weighted by Gasteiger charge is -2.35. The van der Waals surface area contributed by atoms with Crippen LogP contribution in [0.2, 0.25) is 0 Å². The largest absolute Gasteiger partial charge is 0.418 e. The Morgan fingerprint density at radius 1 is 1.22 bits per heavy atom. The van der Waals surface area contributed by atoms with Gasteiger partial charge in [0.1, 0.15) is 0 Å². The lowest BCUT2D eigenvalue weighted by Crippen LogP contribution is -2.45. The highest BCUT2D eigenvalue weighted by Gasteiger charge is 2.50. The number of aliphatic hydroxyl groups is 1. The first-order valence-corrected chi connectivity index (χ1v) is 11.1. The van der Waals surface area contributed by atoms with E-state index in [1.807, 2.05) is 11.1 Å². The molecular weight excluding hydrogens is 419 g/mol. The van der Waals surface area contributed by atoms with Crippen LogP contribution in [0.5, 0.6) is 0 Å². The molecule has 0 saturated heterocycles. The number of hydrogen-bond donors (Lipinski definition) is 1. The predicted molar refractivity (Wildman–Crippen MR) is 116 cm³/mol. The van der Waals surface area contributed by atoms with E-state index in [0.717, 1.165) is 45.6 Å². The number of aliphatic imine (C=N–C) groups is 1. The molecule has 2 aromatic rings. The number of hydrogen-bond acceptors (Lipinski definition) is 3. The van der Waals surface area contributed by atoms with Crippen LogP contribution in [0, 0.1) is 0 Å². The molecule has 8 heteroatoms. The first-order valence-electron chi connectivity index (χ1n) is 11.1. The molecule has 1 N–H and O–H groups in total. The van der Waals surface area contributed by atoms with Crippen molar-refractivity contribution in [2.24, 2.45) is 4.99 Å². The molecule has 2 atom stereocenters. The van der Waals surface area contributed by atoms with E-state index in [1.54, 1.807) is 24.3 Å². The number of amides is 1. The lowest BCUT2D eigenvalue weighted by atomic mass is 9.88. The fraction of sp³-hybridized carbons (Fsp3) is 0.500. The fourth-order valence-corrected chi connectivity index (χ4v) is 4.92. The molecule has 5 rings (SSSR count). The van der Waals surface area contributed by atoms with Crippen molar-refractivity contribution in [1.29, 1.82) is 0 Å². The Morgan fingerprint density at radius 3 is 2.72 bits per heavy atom. The summed E-state index contributed by atoms with van der Waals surface area (Å²) < 4.78 is 41.0. The third kappa shape index (κ3) is 3.64. The number of fused-ring (bicyclic) bond motifs is 1. The molecule has 32 heavy (non-hydrogen) atoms. The number of aromatic nitrogens is 1. The van der Waals surface area contributed by atoms with Crippen LogP contribution in [0.1, 0.15) is 49.4 Å². The lowest BCUT2D eigenvalue weighted by molar-refractivity contribution is -0.257. The van der Waals surface area contributed by atoms with Gasteiger partial charge in [-0.15, -0.1) is 0 Å². The van der Waals surface area contributed by atoms with E-state index in [2.05, 4.69) is 4.99 Å². The van der Waals surface area contributed by atoms with Crippen molar-refractivity contribution in [3.8, 4) is 0 Å². The van der Waals surface area contributed by atoms with Gasteiger partial charge in [-0.05, 0) is 68.4 Å². The quantitative estimate of drug-likeness (QED) is 0.737. The number of nitrogens with zero attached hydrogens (tertiary/aromatic N) is 3. The smallest absolute Gasteiger partial charge is 0.379 e. The normalized spacial score (nSPS) is 22.8. The molecule has 0 bridgehead atoms. The highest BCUT2D eigenvalue weighted by Crippen LogP contribution is 2.38. The van der Waals surface area contributed by atoms with Gasteiger partial charge in [0.25, 0.3) is 5.91 Å². The molecule has 5 nitrogen and oxygen atoms in total. The maximum atomic E-state index is 13.7. The highest BCUT2D eigenvalue weighted by atomic mass is 19.4. The summed E-state index contributed by atoms with van der Waals surface area (Å²) in [7, 11) is 0.